The molecule has 3 atom stereocenters. The van der Waals surface area contributed by atoms with E-state index in [0.29, 0.717) is 5.56 Å². The molecule has 4 rings (SSSR count). The van der Waals surface area contributed by atoms with E-state index < -0.39 is 33.6 Å². The molecule has 0 saturated carbocycles. The van der Waals surface area contributed by atoms with Gasteiger partial charge in [0.1, 0.15) is 12.6 Å². The number of carbonyl (C=O) groups excluding carboxylic acids is 4. The van der Waals surface area contributed by atoms with Gasteiger partial charge in [-0.2, -0.15) is 0 Å². The van der Waals surface area contributed by atoms with E-state index in [9.17, 15) is 29.3 Å². The van der Waals surface area contributed by atoms with Crippen molar-refractivity contribution < 1.29 is 38.3 Å². The predicted octanol–water partition coefficient (Wildman–Crippen LogP) is 0.935. The van der Waals surface area contributed by atoms with Gasteiger partial charge < -0.3 is 19.1 Å². The number of esters is 3. The van der Waals surface area contributed by atoms with E-state index in [1.54, 1.807) is 6.92 Å². The van der Waals surface area contributed by atoms with Crippen molar-refractivity contribution in [2.24, 2.45) is 0 Å². The molecule has 0 N–H and O–H groups in total. The van der Waals surface area contributed by atoms with Crippen LogP contribution >= 0.6 is 11.8 Å². The van der Waals surface area contributed by atoms with Crippen LogP contribution in [0.25, 0.3) is 0 Å². The average Bonchev–Trinajstić information content (AvgIpc) is 3.37. The van der Waals surface area contributed by atoms with Crippen LogP contribution in [0.3, 0.4) is 0 Å². The second-order valence-electron chi connectivity index (χ2n) is 8.25. The smallest absolute Gasteiger partial charge is 0.361 e. The van der Waals surface area contributed by atoms with Gasteiger partial charge in [-0.1, -0.05) is 5.21 Å². The molecule has 2 aliphatic rings. The molecular weight excluding hydrogens is 498 g/mol. The van der Waals surface area contributed by atoms with Gasteiger partial charge in [-0.05, 0) is 24.6 Å². The molecule has 1 aromatic heterocycles. The second kappa shape index (κ2) is 9.56. The number of methoxy groups -OCH3 is 2. The number of hydrogen-bond acceptors (Lipinski definition) is 12. The van der Waals surface area contributed by atoms with E-state index >= 15 is 0 Å². The summed E-state index contributed by atoms with van der Waals surface area (Å²) >= 11 is 1.35. The zero-order valence-corrected chi connectivity index (χ0v) is 20.2. The summed E-state index contributed by atoms with van der Waals surface area (Å²) in [7, 11) is 2.26. The molecule has 2 aliphatic heterocycles. The van der Waals surface area contributed by atoms with Gasteiger partial charge in [0.25, 0.3) is 5.69 Å². The van der Waals surface area contributed by atoms with Gasteiger partial charge >= 0.3 is 17.9 Å². The summed E-state index contributed by atoms with van der Waals surface area (Å²) in [6.45, 7) is 1.48. The monoisotopic (exact) mass is 519 g/mol. The minimum Gasteiger partial charge on any atom is -0.464 e. The van der Waals surface area contributed by atoms with Crippen LogP contribution in [0.2, 0.25) is 0 Å². The summed E-state index contributed by atoms with van der Waals surface area (Å²) in [5, 5.41) is 18.2. The predicted molar refractivity (Wildman–Crippen MR) is 121 cm³/mol. The van der Waals surface area contributed by atoms with Crippen LogP contribution in [0.4, 0.5) is 5.69 Å². The first-order valence-corrected chi connectivity index (χ1v) is 11.5. The maximum atomic E-state index is 13.2. The van der Waals surface area contributed by atoms with Crippen LogP contribution < -0.4 is 0 Å². The van der Waals surface area contributed by atoms with Crippen LogP contribution in [0, 0.1) is 10.1 Å². The summed E-state index contributed by atoms with van der Waals surface area (Å²) in [6, 6.07) is 4.51. The molecule has 2 saturated heterocycles. The Morgan fingerprint density at radius 2 is 1.86 bits per heavy atom. The maximum absolute atomic E-state index is 13.2. The first kappa shape index (κ1) is 25.1. The van der Waals surface area contributed by atoms with E-state index in [1.807, 2.05) is 0 Å². The number of nitro benzene ring substituents is 1. The number of benzene rings is 1. The Hall–Kier alpha value is -4.01. The quantitative estimate of drug-likeness (QED) is 0.159. The Balaban J connectivity index is 1.58. The third-order valence-electron chi connectivity index (χ3n) is 5.92. The molecule has 0 aliphatic carbocycles. The lowest BCUT2D eigenvalue weighted by Gasteiger charge is -2.37. The Morgan fingerprint density at radius 1 is 1.19 bits per heavy atom. The molecule has 15 heteroatoms. The highest BCUT2D eigenvalue weighted by Crippen LogP contribution is 2.52. The van der Waals surface area contributed by atoms with Crippen LogP contribution in [0.15, 0.2) is 24.3 Å². The molecule has 3 heterocycles. The van der Waals surface area contributed by atoms with E-state index in [1.165, 1.54) is 40.9 Å². The number of carbonyl (C=O) groups is 4. The molecule has 14 nitrogen and oxygen atoms in total. The highest BCUT2D eigenvalue weighted by molar-refractivity contribution is 8.01. The highest BCUT2D eigenvalue weighted by Gasteiger charge is 2.61. The van der Waals surface area contributed by atoms with Crippen LogP contribution in [0.5, 0.6) is 0 Å². The fraction of sp³-hybridized carbons (Fsp3) is 0.429. The number of amides is 1. The van der Waals surface area contributed by atoms with Gasteiger partial charge in [0.2, 0.25) is 11.6 Å². The van der Waals surface area contributed by atoms with Crippen molar-refractivity contribution in [3.63, 3.8) is 0 Å². The van der Waals surface area contributed by atoms with E-state index in [-0.39, 0.29) is 47.9 Å². The third-order valence-corrected chi connectivity index (χ3v) is 7.47. The first-order valence-electron chi connectivity index (χ1n) is 10.6. The second-order valence-corrected chi connectivity index (χ2v) is 9.96. The van der Waals surface area contributed by atoms with Crippen molar-refractivity contribution >= 4 is 41.3 Å². The molecule has 190 valence electrons. The lowest BCUT2D eigenvalue weighted by Crippen LogP contribution is -2.58. The topological polar surface area (TPSA) is 173 Å². The van der Waals surface area contributed by atoms with Gasteiger partial charge in [0.05, 0.1) is 42.2 Å². The summed E-state index contributed by atoms with van der Waals surface area (Å²) in [5.41, 5.74) is -0.156. The standard InChI is InChI=1S/C21H21N5O9S/c1-21(10-24-16(19(29)34-3)15(22-23-24)18(28)33-2)17(25-13(27)8-14(25)36-21)20(30)35-9-11-4-6-12(7-5-11)26(31)32/h4-7,14,17H,8-10H2,1-3H3/t14-,17+,21+/m1/s1. The summed E-state index contributed by atoms with van der Waals surface area (Å²) in [6.07, 6.45) is 0.237. The number of hydrogen-bond donors (Lipinski definition) is 0. The van der Waals surface area contributed by atoms with Crippen molar-refractivity contribution in [3.05, 3.63) is 51.3 Å². The molecule has 0 radical (unpaired) electrons. The van der Waals surface area contributed by atoms with Crippen molar-refractivity contribution in [3.8, 4) is 0 Å². The summed E-state index contributed by atoms with van der Waals surface area (Å²) in [4.78, 5) is 61.8. The van der Waals surface area contributed by atoms with E-state index in [0.717, 1.165) is 18.9 Å². The van der Waals surface area contributed by atoms with Crippen molar-refractivity contribution in [2.45, 2.75) is 42.7 Å². The molecule has 0 bridgehead atoms. The molecule has 2 fully saturated rings. The number of thioether (sulfide) groups is 1. The van der Waals surface area contributed by atoms with Gasteiger partial charge in [0, 0.05) is 12.1 Å². The molecule has 1 amide bonds. The van der Waals surface area contributed by atoms with Crippen LogP contribution in [-0.4, -0.2) is 79.0 Å². The number of non-ortho nitro benzene ring substituents is 1. The lowest BCUT2D eigenvalue weighted by atomic mass is 9.96. The Kier molecular flexibility index (Phi) is 6.67. The highest BCUT2D eigenvalue weighted by atomic mass is 32.2. The largest absolute Gasteiger partial charge is 0.464 e. The fourth-order valence-electron chi connectivity index (χ4n) is 4.17. The number of rotatable bonds is 8. The van der Waals surface area contributed by atoms with Crippen molar-refractivity contribution in [2.75, 3.05) is 14.2 Å². The van der Waals surface area contributed by atoms with Crippen molar-refractivity contribution in [1.29, 1.82) is 0 Å². The number of nitrogens with zero attached hydrogens (tertiary/aromatic N) is 5. The van der Waals surface area contributed by atoms with Gasteiger partial charge in [0.15, 0.2) is 5.69 Å². The molecule has 1 aromatic carbocycles. The molecule has 36 heavy (non-hydrogen) atoms. The lowest BCUT2D eigenvalue weighted by molar-refractivity contribution is -0.384. The zero-order chi connectivity index (χ0) is 26.2. The van der Waals surface area contributed by atoms with Crippen LogP contribution in [0.1, 0.15) is 39.9 Å². The van der Waals surface area contributed by atoms with Crippen LogP contribution in [-0.2, 0) is 37.0 Å². The Labute approximate surface area is 208 Å². The maximum Gasteiger partial charge on any atom is 0.361 e. The Bertz CT molecular complexity index is 1250. The average molecular weight is 519 g/mol. The van der Waals surface area contributed by atoms with Crippen molar-refractivity contribution in [1.82, 2.24) is 19.9 Å². The molecule has 2 aromatic rings. The molecule has 0 spiro atoms. The number of nitro groups is 1. The first-order chi connectivity index (χ1) is 17.1. The normalized spacial score (nSPS) is 22.4. The molecular formula is C21H21N5O9S. The molecule has 0 unspecified atom stereocenters. The van der Waals surface area contributed by atoms with E-state index in [4.69, 9.17) is 9.47 Å². The van der Waals surface area contributed by atoms with E-state index in [2.05, 4.69) is 15.0 Å². The number of fused-ring (bicyclic) bond motifs is 1. The van der Waals surface area contributed by atoms with Gasteiger partial charge in [-0.15, -0.1) is 16.9 Å². The fourth-order valence-corrected chi connectivity index (χ4v) is 5.90. The minimum atomic E-state index is -1.02. The SMILES string of the molecule is COC(=O)c1nnn(C[C@]2(C)S[C@@H]3CC(=O)N3[C@H]2C(=O)OCc2ccc([N+](=O)[O-])cc2)c1C(=O)OC. The summed E-state index contributed by atoms with van der Waals surface area (Å²) in [5.74, 6) is -2.67. The minimum absolute atomic E-state index is 0.0797. The summed E-state index contributed by atoms with van der Waals surface area (Å²) < 4.78 is 15.1. The number of β-lactam (4-membered cyclic amide) rings is 1. The third kappa shape index (κ3) is 4.36. The van der Waals surface area contributed by atoms with Gasteiger partial charge in [-0.3, -0.25) is 14.9 Å². The Morgan fingerprint density at radius 3 is 2.44 bits per heavy atom. The van der Waals surface area contributed by atoms with Gasteiger partial charge in [-0.25, -0.2) is 19.1 Å². The number of aromatic nitrogens is 3. The zero-order valence-electron chi connectivity index (χ0n) is 19.4. The number of ether oxygens (including phenoxy) is 3.